The van der Waals surface area contributed by atoms with Crippen molar-refractivity contribution in [2.24, 2.45) is 0 Å². The van der Waals surface area contributed by atoms with Crippen molar-refractivity contribution in [1.29, 1.82) is 0 Å². The van der Waals surface area contributed by atoms with E-state index in [1.807, 2.05) is 48.5 Å². The van der Waals surface area contributed by atoms with Crippen LogP contribution in [0.5, 0.6) is 11.5 Å². The first kappa shape index (κ1) is 16.2. The first-order valence-electron chi connectivity index (χ1n) is 8.67. The number of hydrogen-bond donors (Lipinski definition) is 1. The quantitative estimate of drug-likeness (QED) is 0.480. The minimum atomic E-state index is -0.0618. The first-order valence-corrected chi connectivity index (χ1v) is 8.67. The molecule has 2 nitrogen and oxygen atoms in total. The Balaban J connectivity index is 1.98. The molecule has 0 spiro atoms. The highest BCUT2D eigenvalue weighted by Crippen LogP contribution is 2.41. The second-order valence-corrected chi connectivity index (χ2v) is 6.34. The largest absolute Gasteiger partial charge is 0.508 e. The Morgan fingerprint density at radius 2 is 1.35 bits per heavy atom. The summed E-state index contributed by atoms with van der Waals surface area (Å²) in [5, 5.41) is 13.0. The number of hydrogen-bond acceptors (Lipinski definition) is 2. The van der Waals surface area contributed by atoms with Gasteiger partial charge in [0.1, 0.15) is 11.5 Å². The zero-order chi connectivity index (χ0) is 17.9. The zero-order valence-electron chi connectivity index (χ0n) is 14.6. The van der Waals surface area contributed by atoms with Crippen molar-refractivity contribution < 1.29 is 9.84 Å². The monoisotopic (exact) mass is 340 g/mol. The topological polar surface area (TPSA) is 29.5 Å². The Hall–Kier alpha value is -3.26. The molecule has 26 heavy (non-hydrogen) atoms. The van der Waals surface area contributed by atoms with Gasteiger partial charge in [-0.15, -0.1) is 0 Å². The summed E-state index contributed by atoms with van der Waals surface area (Å²) < 4.78 is 5.30. The number of rotatable bonds is 4. The van der Waals surface area contributed by atoms with Crippen LogP contribution >= 0.6 is 0 Å². The fraction of sp³-hybridized carbons (Fsp3) is 0.0833. The van der Waals surface area contributed by atoms with Crippen LogP contribution in [0.25, 0.3) is 10.8 Å². The van der Waals surface area contributed by atoms with Crippen molar-refractivity contribution in [2.45, 2.75) is 5.92 Å². The smallest absolute Gasteiger partial charge is 0.120 e. The molecule has 1 atom stereocenters. The number of methoxy groups -OCH3 is 1. The van der Waals surface area contributed by atoms with Crippen molar-refractivity contribution in [2.75, 3.05) is 7.11 Å². The Bertz CT molecular complexity index is 1020. The van der Waals surface area contributed by atoms with E-state index in [1.165, 1.54) is 0 Å². The second kappa shape index (κ2) is 6.93. The van der Waals surface area contributed by atoms with Gasteiger partial charge in [0.2, 0.25) is 0 Å². The molecular weight excluding hydrogens is 320 g/mol. The van der Waals surface area contributed by atoms with Crippen LogP contribution in [0.2, 0.25) is 0 Å². The number of fused-ring (bicyclic) bond motifs is 1. The molecule has 0 radical (unpaired) electrons. The lowest BCUT2D eigenvalue weighted by atomic mass is 9.82. The zero-order valence-corrected chi connectivity index (χ0v) is 14.6. The minimum absolute atomic E-state index is 0.0618. The standard InChI is InChI=1S/C24H20O2/c1-26-20-14-11-19(12-15-20)23(18-8-3-2-4-9-18)24-21-10-6-5-7-17(21)13-16-22(24)25/h2-16,23,25H,1H3. The molecule has 0 heterocycles. The van der Waals surface area contributed by atoms with Crippen LogP contribution in [0.3, 0.4) is 0 Å². The summed E-state index contributed by atoms with van der Waals surface area (Å²) in [7, 11) is 1.67. The Kier molecular flexibility index (Phi) is 4.32. The lowest BCUT2D eigenvalue weighted by Gasteiger charge is -2.22. The van der Waals surface area contributed by atoms with Crippen LogP contribution in [0, 0.1) is 0 Å². The van der Waals surface area contributed by atoms with Crippen LogP contribution < -0.4 is 4.74 Å². The second-order valence-electron chi connectivity index (χ2n) is 6.34. The maximum Gasteiger partial charge on any atom is 0.120 e. The third-order valence-corrected chi connectivity index (χ3v) is 4.82. The van der Waals surface area contributed by atoms with Gasteiger partial charge < -0.3 is 9.84 Å². The minimum Gasteiger partial charge on any atom is -0.508 e. The predicted octanol–water partition coefficient (Wildman–Crippen LogP) is 5.73. The highest BCUT2D eigenvalue weighted by molar-refractivity contribution is 5.89. The summed E-state index contributed by atoms with van der Waals surface area (Å²) >= 11 is 0. The van der Waals surface area contributed by atoms with Gasteiger partial charge in [-0.05, 0) is 40.1 Å². The number of aromatic hydroxyl groups is 1. The molecule has 128 valence electrons. The lowest BCUT2D eigenvalue weighted by molar-refractivity contribution is 0.414. The first-order chi connectivity index (χ1) is 12.8. The SMILES string of the molecule is COc1ccc(C(c2ccccc2)c2c(O)ccc3ccccc23)cc1. The van der Waals surface area contributed by atoms with E-state index in [9.17, 15) is 5.11 Å². The van der Waals surface area contributed by atoms with E-state index in [1.54, 1.807) is 13.2 Å². The van der Waals surface area contributed by atoms with Crippen molar-refractivity contribution >= 4 is 10.8 Å². The van der Waals surface area contributed by atoms with Crippen molar-refractivity contribution in [3.63, 3.8) is 0 Å². The van der Waals surface area contributed by atoms with Gasteiger partial charge in [0.05, 0.1) is 7.11 Å². The van der Waals surface area contributed by atoms with E-state index < -0.39 is 0 Å². The van der Waals surface area contributed by atoms with Crippen LogP contribution in [0.15, 0.2) is 91.0 Å². The molecule has 0 aliphatic rings. The molecule has 0 bridgehead atoms. The predicted molar refractivity (Wildman–Crippen MR) is 106 cm³/mol. The number of phenolic OH excluding ortho intramolecular Hbond substituents is 1. The maximum atomic E-state index is 10.8. The molecule has 2 heteroatoms. The van der Waals surface area contributed by atoms with Crippen LogP contribution in [0.1, 0.15) is 22.6 Å². The molecule has 4 rings (SSSR count). The summed E-state index contributed by atoms with van der Waals surface area (Å²) in [4.78, 5) is 0. The maximum absolute atomic E-state index is 10.8. The third kappa shape index (κ3) is 2.91. The molecule has 0 aromatic heterocycles. The molecule has 0 fully saturated rings. The van der Waals surface area contributed by atoms with Gasteiger partial charge in [-0.25, -0.2) is 0 Å². The van der Waals surface area contributed by atoms with Crippen molar-refractivity contribution in [1.82, 2.24) is 0 Å². The fourth-order valence-corrected chi connectivity index (χ4v) is 3.56. The summed E-state index contributed by atoms with van der Waals surface area (Å²) in [6.07, 6.45) is 0. The summed E-state index contributed by atoms with van der Waals surface area (Å²) in [6.45, 7) is 0. The van der Waals surface area contributed by atoms with Gasteiger partial charge in [-0.2, -0.15) is 0 Å². The highest BCUT2D eigenvalue weighted by atomic mass is 16.5. The van der Waals surface area contributed by atoms with Crippen molar-refractivity contribution in [3.8, 4) is 11.5 Å². The molecule has 4 aromatic carbocycles. The van der Waals surface area contributed by atoms with Gasteiger partial charge in [0.15, 0.2) is 0 Å². The Morgan fingerprint density at radius 1 is 0.692 bits per heavy atom. The molecule has 0 aliphatic heterocycles. The van der Waals surface area contributed by atoms with Crippen LogP contribution in [-0.2, 0) is 0 Å². The number of ether oxygens (including phenoxy) is 1. The van der Waals surface area contributed by atoms with Gasteiger partial charge in [-0.1, -0.05) is 72.8 Å². The average Bonchev–Trinajstić information content (AvgIpc) is 2.71. The molecule has 1 unspecified atom stereocenters. The summed E-state index contributed by atoms with van der Waals surface area (Å²) in [5.41, 5.74) is 3.19. The molecular formula is C24H20O2. The van der Waals surface area contributed by atoms with E-state index in [2.05, 4.69) is 36.4 Å². The van der Waals surface area contributed by atoms with E-state index in [-0.39, 0.29) is 5.92 Å². The lowest BCUT2D eigenvalue weighted by Crippen LogP contribution is -2.05. The molecule has 4 aromatic rings. The normalized spacial score (nSPS) is 12.0. The van der Waals surface area contributed by atoms with Gasteiger partial charge >= 0.3 is 0 Å². The average molecular weight is 340 g/mol. The molecule has 0 amide bonds. The number of phenols is 1. The fourth-order valence-electron chi connectivity index (χ4n) is 3.56. The Morgan fingerprint density at radius 3 is 2.08 bits per heavy atom. The van der Waals surface area contributed by atoms with Gasteiger partial charge in [0, 0.05) is 11.5 Å². The van der Waals surface area contributed by atoms with E-state index in [0.29, 0.717) is 5.75 Å². The summed E-state index contributed by atoms with van der Waals surface area (Å²) in [5.74, 6) is 1.07. The molecule has 0 aliphatic carbocycles. The molecule has 0 saturated heterocycles. The third-order valence-electron chi connectivity index (χ3n) is 4.82. The van der Waals surface area contributed by atoms with E-state index >= 15 is 0 Å². The van der Waals surface area contributed by atoms with E-state index in [4.69, 9.17) is 4.74 Å². The molecule has 0 saturated carbocycles. The highest BCUT2D eigenvalue weighted by Gasteiger charge is 2.22. The Labute approximate surface area is 153 Å². The van der Waals surface area contributed by atoms with Crippen LogP contribution in [0.4, 0.5) is 0 Å². The van der Waals surface area contributed by atoms with Crippen molar-refractivity contribution in [3.05, 3.63) is 108 Å². The van der Waals surface area contributed by atoms with Crippen LogP contribution in [-0.4, -0.2) is 12.2 Å². The van der Waals surface area contributed by atoms with E-state index in [0.717, 1.165) is 33.2 Å². The number of benzene rings is 4. The van der Waals surface area contributed by atoms with Gasteiger partial charge in [-0.3, -0.25) is 0 Å². The summed E-state index contributed by atoms with van der Waals surface area (Å²) in [6, 6.07) is 30.3. The van der Waals surface area contributed by atoms with Gasteiger partial charge in [0.25, 0.3) is 0 Å². The molecule has 1 N–H and O–H groups in total.